The number of benzene rings is 1. The van der Waals surface area contributed by atoms with E-state index in [2.05, 4.69) is 10.6 Å². The zero-order valence-corrected chi connectivity index (χ0v) is 13.0. The first-order valence-electron chi connectivity index (χ1n) is 7.58. The Hall–Kier alpha value is -2.96. The van der Waals surface area contributed by atoms with Gasteiger partial charge in [-0.3, -0.25) is 14.4 Å². The fourth-order valence-corrected chi connectivity index (χ4v) is 2.75. The van der Waals surface area contributed by atoms with Crippen LogP contribution in [-0.4, -0.2) is 16.4 Å². The van der Waals surface area contributed by atoms with Crippen LogP contribution in [0.5, 0.6) is 0 Å². The van der Waals surface area contributed by atoms with Crippen molar-refractivity contribution >= 4 is 23.2 Å². The Morgan fingerprint density at radius 3 is 2.88 bits per heavy atom. The molecule has 0 aliphatic carbocycles. The average molecular weight is 329 g/mol. The van der Waals surface area contributed by atoms with Gasteiger partial charge in [0.1, 0.15) is 5.82 Å². The smallest absolute Gasteiger partial charge is 0.250 e. The SMILES string of the molecule is CCn1cc(NC(=O)C2CC(=O)Nc3cc(F)ccc32)ccc1=O. The maximum atomic E-state index is 13.3. The molecule has 124 valence electrons. The molecule has 0 spiro atoms. The summed E-state index contributed by atoms with van der Waals surface area (Å²) in [6.45, 7) is 2.31. The van der Waals surface area contributed by atoms with E-state index in [0.717, 1.165) is 0 Å². The minimum atomic E-state index is -0.712. The van der Waals surface area contributed by atoms with E-state index in [1.165, 1.54) is 34.9 Å². The van der Waals surface area contributed by atoms with E-state index in [4.69, 9.17) is 0 Å². The van der Waals surface area contributed by atoms with E-state index < -0.39 is 11.7 Å². The quantitative estimate of drug-likeness (QED) is 0.905. The third kappa shape index (κ3) is 3.05. The second-order valence-electron chi connectivity index (χ2n) is 5.57. The molecule has 6 nitrogen and oxygen atoms in total. The summed E-state index contributed by atoms with van der Waals surface area (Å²) in [5.74, 6) is -1.91. The second kappa shape index (κ2) is 6.27. The number of pyridine rings is 1. The molecule has 2 aromatic rings. The van der Waals surface area contributed by atoms with Crippen molar-refractivity contribution in [1.82, 2.24) is 4.57 Å². The number of rotatable bonds is 3. The van der Waals surface area contributed by atoms with Gasteiger partial charge in [-0.25, -0.2) is 4.39 Å². The van der Waals surface area contributed by atoms with E-state index in [0.29, 0.717) is 23.5 Å². The fraction of sp³-hybridized carbons (Fsp3) is 0.235. The standard InChI is InChI=1S/C17H16FN3O3/c1-2-21-9-11(4-6-16(21)23)19-17(24)13-8-15(22)20-14-7-10(18)3-5-12(13)14/h3-7,9,13H,2,8H2,1H3,(H,19,24)(H,20,22). The first-order valence-corrected chi connectivity index (χ1v) is 7.58. The number of nitrogens with zero attached hydrogens (tertiary/aromatic N) is 1. The number of hydrogen-bond donors (Lipinski definition) is 2. The van der Waals surface area contributed by atoms with Gasteiger partial charge in [0.25, 0.3) is 5.56 Å². The van der Waals surface area contributed by atoms with Crippen LogP contribution in [0.2, 0.25) is 0 Å². The summed E-state index contributed by atoms with van der Waals surface area (Å²) in [5.41, 5.74) is 1.19. The van der Waals surface area contributed by atoms with Crippen molar-refractivity contribution < 1.29 is 14.0 Å². The van der Waals surface area contributed by atoms with Crippen molar-refractivity contribution in [2.24, 2.45) is 0 Å². The molecule has 2 heterocycles. The van der Waals surface area contributed by atoms with Crippen LogP contribution >= 0.6 is 0 Å². The lowest BCUT2D eigenvalue weighted by Gasteiger charge is -2.25. The molecule has 0 bridgehead atoms. The first-order chi connectivity index (χ1) is 11.5. The molecule has 7 heteroatoms. The molecule has 2 N–H and O–H groups in total. The number of fused-ring (bicyclic) bond motifs is 1. The van der Waals surface area contributed by atoms with Crippen LogP contribution in [-0.2, 0) is 16.1 Å². The van der Waals surface area contributed by atoms with Gasteiger partial charge in [-0.1, -0.05) is 6.07 Å². The number of hydrogen-bond acceptors (Lipinski definition) is 3. The maximum Gasteiger partial charge on any atom is 0.250 e. The van der Waals surface area contributed by atoms with Crippen molar-refractivity contribution in [1.29, 1.82) is 0 Å². The van der Waals surface area contributed by atoms with Gasteiger partial charge in [0.2, 0.25) is 11.8 Å². The van der Waals surface area contributed by atoms with E-state index >= 15 is 0 Å². The second-order valence-corrected chi connectivity index (χ2v) is 5.57. The summed E-state index contributed by atoms with van der Waals surface area (Å²) in [7, 11) is 0. The molecular formula is C17H16FN3O3. The number of carbonyl (C=O) groups excluding carboxylic acids is 2. The van der Waals surface area contributed by atoms with Crippen molar-refractivity contribution in [3.8, 4) is 0 Å². The number of anilines is 2. The average Bonchev–Trinajstić information content (AvgIpc) is 2.55. The molecule has 1 unspecified atom stereocenters. The molecule has 0 radical (unpaired) electrons. The molecule has 0 saturated heterocycles. The van der Waals surface area contributed by atoms with Gasteiger partial charge in [0.15, 0.2) is 0 Å². The lowest BCUT2D eigenvalue weighted by molar-refractivity contribution is -0.123. The molecule has 1 aromatic heterocycles. The third-order valence-electron chi connectivity index (χ3n) is 3.96. The van der Waals surface area contributed by atoms with Crippen molar-refractivity contribution in [2.75, 3.05) is 10.6 Å². The molecule has 1 aliphatic rings. The van der Waals surface area contributed by atoms with Gasteiger partial charge in [-0.2, -0.15) is 0 Å². The summed E-state index contributed by atoms with van der Waals surface area (Å²) >= 11 is 0. The summed E-state index contributed by atoms with van der Waals surface area (Å²) in [4.78, 5) is 36.0. The highest BCUT2D eigenvalue weighted by molar-refractivity contribution is 6.05. The van der Waals surface area contributed by atoms with E-state index in [-0.39, 0.29) is 23.8 Å². The Bertz CT molecular complexity index is 876. The van der Waals surface area contributed by atoms with Crippen LogP contribution in [0.25, 0.3) is 0 Å². The Balaban J connectivity index is 1.88. The zero-order valence-electron chi connectivity index (χ0n) is 13.0. The van der Waals surface area contributed by atoms with Gasteiger partial charge in [0, 0.05) is 30.9 Å². The van der Waals surface area contributed by atoms with Crippen LogP contribution in [0.3, 0.4) is 0 Å². The number of aromatic nitrogens is 1. The molecule has 3 rings (SSSR count). The largest absolute Gasteiger partial charge is 0.326 e. The lowest BCUT2D eigenvalue weighted by Crippen LogP contribution is -2.31. The van der Waals surface area contributed by atoms with Crippen LogP contribution in [0.15, 0.2) is 41.3 Å². The van der Waals surface area contributed by atoms with Crippen LogP contribution in [0.1, 0.15) is 24.8 Å². The van der Waals surface area contributed by atoms with Crippen molar-refractivity contribution in [3.63, 3.8) is 0 Å². The van der Waals surface area contributed by atoms with Gasteiger partial charge >= 0.3 is 0 Å². The van der Waals surface area contributed by atoms with Crippen LogP contribution in [0, 0.1) is 5.82 Å². The topological polar surface area (TPSA) is 80.2 Å². The first kappa shape index (κ1) is 15.9. The molecular weight excluding hydrogens is 313 g/mol. The Labute approximate surface area is 137 Å². The summed E-state index contributed by atoms with van der Waals surface area (Å²) in [6, 6.07) is 6.84. The number of nitrogens with one attached hydrogen (secondary N) is 2. The van der Waals surface area contributed by atoms with Gasteiger partial charge in [0.05, 0.1) is 11.6 Å². The predicted octanol–water partition coefficient (Wildman–Crippen LogP) is 2.07. The lowest BCUT2D eigenvalue weighted by atomic mass is 9.89. The molecule has 24 heavy (non-hydrogen) atoms. The van der Waals surface area contributed by atoms with E-state index in [1.807, 2.05) is 6.92 Å². The fourth-order valence-electron chi connectivity index (χ4n) is 2.75. The summed E-state index contributed by atoms with van der Waals surface area (Å²) < 4.78 is 14.8. The number of halogens is 1. The normalized spacial score (nSPS) is 16.2. The summed E-state index contributed by atoms with van der Waals surface area (Å²) in [6.07, 6.45) is 1.53. The minimum Gasteiger partial charge on any atom is -0.326 e. The Morgan fingerprint density at radius 2 is 2.12 bits per heavy atom. The highest BCUT2D eigenvalue weighted by Gasteiger charge is 2.31. The van der Waals surface area contributed by atoms with Gasteiger partial charge in [-0.15, -0.1) is 0 Å². The number of aryl methyl sites for hydroxylation is 1. The minimum absolute atomic E-state index is 0.0160. The molecule has 1 atom stereocenters. The Morgan fingerprint density at radius 1 is 1.33 bits per heavy atom. The molecule has 2 amide bonds. The van der Waals surface area contributed by atoms with Gasteiger partial charge in [-0.05, 0) is 30.7 Å². The van der Waals surface area contributed by atoms with Crippen molar-refractivity contribution in [3.05, 3.63) is 58.3 Å². The van der Waals surface area contributed by atoms with Crippen LogP contribution < -0.4 is 16.2 Å². The highest BCUT2D eigenvalue weighted by Crippen LogP contribution is 2.33. The zero-order chi connectivity index (χ0) is 17.3. The predicted molar refractivity (Wildman–Crippen MR) is 87.4 cm³/mol. The summed E-state index contributed by atoms with van der Waals surface area (Å²) in [5, 5.41) is 5.29. The van der Waals surface area contributed by atoms with Gasteiger partial charge < -0.3 is 15.2 Å². The van der Waals surface area contributed by atoms with Crippen LogP contribution in [0.4, 0.5) is 15.8 Å². The third-order valence-corrected chi connectivity index (χ3v) is 3.96. The maximum absolute atomic E-state index is 13.3. The molecule has 0 fully saturated rings. The van der Waals surface area contributed by atoms with E-state index in [9.17, 15) is 18.8 Å². The Kier molecular flexibility index (Phi) is 4.16. The van der Waals surface area contributed by atoms with Crippen molar-refractivity contribution in [2.45, 2.75) is 25.8 Å². The van der Waals surface area contributed by atoms with E-state index in [1.54, 1.807) is 6.20 Å². The molecule has 0 saturated carbocycles. The molecule has 1 aromatic carbocycles. The number of amides is 2. The highest BCUT2D eigenvalue weighted by atomic mass is 19.1. The molecule has 1 aliphatic heterocycles. The number of carbonyl (C=O) groups is 2. The monoisotopic (exact) mass is 329 g/mol.